The van der Waals surface area contributed by atoms with E-state index < -0.39 is 10.0 Å². The summed E-state index contributed by atoms with van der Waals surface area (Å²) in [5, 5.41) is 3.07. The summed E-state index contributed by atoms with van der Waals surface area (Å²) in [7, 11) is -3.88. The molecule has 3 aromatic carbocycles. The lowest BCUT2D eigenvalue weighted by Gasteiger charge is -2.06. The van der Waals surface area contributed by atoms with Gasteiger partial charge in [-0.05, 0) is 55.1 Å². The highest BCUT2D eigenvalue weighted by atomic mass is 32.2. The number of aromatic amines is 1. The summed E-state index contributed by atoms with van der Waals surface area (Å²) in [6.07, 6.45) is 0. The SMILES string of the molecule is CC(=O)c1cccc(NC(=O)CSc2[nH]c3ccccc3[n+]2S(=O)(=O)c2ccccc2)c1. The van der Waals surface area contributed by atoms with Crippen LogP contribution in [0.5, 0.6) is 0 Å². The van der Waals surface area contributed by atoms with Crippen molar-refractivity contribution in [3.8, 4) is 0 Å². The van der Waals surface area contributed by atoms with Crippen LogP contribution in [0.3, 0.4) is 0 Å². The van der Waals surface area contributed by atoms with E-state index >= 15 is 0 Å². The largest absolute Gasteiger partial charge is 0.336 e. The summed E-state index contributed by atoms with van der Waals surface area (Å²) >= 11 is 1.08. The van der Waals surface area contributed by atoms with Crippen molar-refractivity contribution in [1.82, 2.24) is 4.98 Å². The van der Waals surface area contributed by atoms with Crippen LogP contribution in [0.15, 0.2) is 88.9 Å². The monoisotopic (exact) mass is 466 g/mol. The van der Waals surface area contributed by atoms with Gasteiger partial charge in [-0.3, -0.25) is 9.59 Å². The van der Waals surface area contributed by atoms with Crippen LogP contribution < -0.4 is 9.29 Å². The first-order chi connectivity index (χ1) is 15.4. The number of fused-ring (bicyclic) bond motifs is 1. The molecule has 0 fully saturated rings. The van der Waals surface area contributed by atoms with Gasteiger partial charge in [0.2, 0.25) is 5.91 Å². The molecule has 7 nitrogen and oxygen atoms in total. The van der Waals surface area contributed by atoms with E-state index in [9.17, 15) is 18.0 Å². The molecule has 0 atom stereocenters. The Balaban J connectivity index is 1.61. The van der Waals surface area contributed by atoms with Crippen LogP contribution in [-0.2, 0) is 14.8 Å². The number of thioether (sulfide) groups is 1. The lowest BCUT2D eigenvalue weighted by atomic mass is 10.1. The number of H-pyrrole nitrogens is 1. The van der Waals surface area contributed by atoms with Crippen molar-refractivity contribution in [2.75, 3.05) is 11.1 Å². The van der Waals surface area contributed by atoms with Gasteiger partial charge in [0, 0.05) is 11.3 Å². The average Bonchev–Trinajstić information content (AvgIpc) is 3.18. The number of carbonyl (C=O) groups excluding carboxylic acids is 2. The summed E-state index contributed by atoms with van der Waals surface area (Å²) in [5.74, 6) is -0.444. The van der Waals surface area contributed by atoms with E-state index in [0.717, 1.165) is 11.8 Å². The molecule has 4 rings (SSSR count). The molecule has 1 amide bonds. The van der Waals surface area contributed by atoms with Gasteiger partial charge >= 0.3 is 15.2 Å². The second-order valence-electron chi connectivity index (χ2n) is 7.00. The molecule has 0 bridgehead atoms. The molecule has 9 heteroatoms. The van der Waals surface area contributed by atoms with E-state index in [1.54, 1.807) is 60.7 Å². The molecule has 162 valence electrons. The van der Waals surface area contributed by atoms with Crippen LogP contribution in [0, 0.1) is 0 Å². The number of amides is 1. The van der Waals surface area contributed by atoms with Crippen molar-refractivity contribution in [3.05, 3.63) is 84.4 Å². The first kappa shape index (κ1) is 21.8. The first-order valence-corrected chi connectivity index (χ1v) is 12.2. The number of para-hydroxylation sites is 2. The standard InChI is InChI=1S/C23H19N3O4S2/c1-16(27)17-8-7-9-18(14-17)24-22(28)15-31-23-25-20-12-5-6-13-21(20)26(23)32(29,30)19-10-3-2-4-11-19/h2-14H,15H2,1H3,(H,24,28)/p+1. The molecule has 32 heavy (non-hydrogen) atoms. The number of aromatic nitrogens is 2. The maximum atomic E-state index is 13.4. The van der Waals surface area contributed by atoms with Gasteiger partial charge in [-0.1, -0.05) is 42.5 Å². The number of ketones is 1. The van der Waals surface area contributed by atoms with Crippen molar-refractivity contribution in [3.63, 3.8) is 0 Å². The van der Waals surface area contributed by atoms with Crippen molar-refractivity contribution in [1.29, 1.82) is 0 Å². The quantitative estimate of drug-likeness (QED) is 0.246. The number of Topliss-reactive ketones (excluding diaryl/α,β-unsaturated/α-hetero) is 1. The Morgan fingerprint density at radius 1 is 0.969 bits per heavy atom. The summed E-state index contributed by atoms with van der Waals surface area (Å²) in [6.45, 7) is 1.46. The Morgan fingerprint density at radius 2 is 1.69 bits per heavy atom. The average molecular weight is 467 g/mol. The highest BCUT2D eigenvalue weighted by Crippen LogP contribution is 2.22. The number of rotatable bonds is 7. The molecule has 0 unspecified atom stereocenters. The smallest absolute Gasteiger partial charge is 0.325 e. The third-order valence-electron chi connectivity index (χ3n) is 4.72. The van der Waals surface area contributed by atoms with Gasteiger partial charge in [0.05, 0.1) is 5.75 Å². The van der Waals surface area contributed by atoms with Gasteiger partial charge in [-0.25, -0.2) is 4.98 Å². The molecule has 1 heterocycles. The Morgan fingerprint density at radius 3 is 2.44 bits per heavy atom. The first-order valence-electron chi connectivity index (χ1n) is 9.73. The van der Waals surface area contributed by atoms with Crippen molar-refractivity contribution >= 4 is 50.2 Å². The normalized spacial score (nSPS) is 11.4. The fourth-order valence-electron chi connectivity index (χ4n) is 3.21. The fourth-order valence-corrected chi connectivity index (χ4v) is 5.79. The van der Waals surface area contributed by atoms with E-state index in [-0.39, 0.29) is 22.3 Å². The Labute approximate surface area is 189 Å². The van der Waals surface area contributed by atoms with Crippen LogP contribution >= 0.6 is 11.8 Å². The predicted molar refractivity (Wildman–Crippen MR) is 123 cm³/mol. The van der Waals surface area contributed by atoms with Gasteiger partial charge in [-0.2, -0.15) is 8.42 Å². The third-order valence-corrected chi connectivity index (χ3v) is 7.53. The molecular weight excluding hydrogens is 446 g/mol. The molecule has 0 aliphatic heterocycles. The number of hydrogen-bond donors (Lipinski definition) is 2. The molecule has 0 saturated heterocycles. The van der Waals surface area contributed by atoms with E-state index in [2.05, 4.69) is 10.3 Å². The molecule has 0 aliphatic carbocycles. The number of hydrogen-bond acceptors (Lipinski definition) is 5. The van der Waals surface area contributed by atoms with E-state index in [1.807, 2.05) is 6.07 Å². The third kappa shape index (κ3) is 4.44. The highest BCUT2D eigenvalue weighted by Gasteiger charge is 2.31. The Bertz CT molecular complexity index is 1410. The van der Waals surface area contributed by atoms with Crippen molar-refractivity contribution in [2.45, 2.75) is 17.0 Å². The molecular formula is C23H20N3O4S2+. The number of nitrogens with one attached hydrogen (secondary N) is 2. The molecule has 0 aliphatic rings. The molecule has 0 saturated carbocycles. The molecule has 1 aromatic heterocycles. The van der Waals surface area contributed by atoms with Crippen LogP contribution in [0.25, 0.3) is 11.0 Å². The van der Waals surface area contributed by atoms with Crippen molar-refractivity contribution in [2.24, 2.45) is 0 Å². The minimum absolute atomic E-state index is 0.0264. The maximum absolute atomic E-state index is 13.4. The molecule has 2 N–H and O–H groups in total. The zero-order valence-electron chi connectivity index (χ0n) is 17.1. The Hall–Kier alpha value is -3.43. The van der Waals surface area contributed by atoms with E-state index in [4.69, 9.17) is 0 Å². The van der Waals surface area contributed by atoms with E-state index in [0.29, 0.717) is 27.4 Å². The summed E-state index contributed by atoms with van der Waals surface area (Å²) in [6, 6.07) is 21.9. The predicted octanol–water partition coefficient (Wildman–Crippen LogP) is 3.63. The highest BCUT2D eigenvalue weighted by molar-refractivity contribution is 8.00. The second kappa shape index (κ2) is 8.97. The fraction of sp³-hybridized carbons (Fsp3) is 0.0870. The lowest BCUT2D eigenvalue weighted by Crippen LogP contribution is -2.44. The molecule has 0 radical (unpaired) electrons. The molecule has 4 aromatic rings. The number of imidazole rings is 1. The number of carbonyl (C=O) groups is 2. The minimum atomic E-state index is -3.88. The lowest BCUT2D eigenvalue weighted by molar-refractivity contribution is -0.526. The summed E-state index contributed by atoms with van der Waals surface area (Å²) in [5.41, 5.74) is 2.14. The van der Waals surface area contributed by atoms with Gasteiger partial charge < -0.3 is 5.32 Å². The zero-order valence-corrected chi connectivity index (χ0v) is 18.7. The summed E-state index contributed by atoms with van der Waals surface area (Å²) < 4.78 is 28.0. The van der Waals surface area contributed by atoms with Crippen molar-refractivity contribution < 1.29 is 22.0 Å². The summed E-state index contributed by atoms with van der Waals surface area (Å²) in [4.78, 5) is 27.3. The number of benzene rings is 3. The minimum Gasteiger partial charge on any atom is -0.325 e. The van der Waals surface area contributed by atoms with Gasteiger partial charge in [0.25, 0.3) is 0 Å². The van der Waals surface area contributed by atoms with Gasteiger partial charge in [0.1, 0.15) is 4.90 Å². The molecule has 0 spiro atoms. The van der Waals surface area contributed by atoms with Crippen LogP contribution in [0.4, 0.5) is 5.69 Å². The maximum Gasteiger partial charge on any atom is 0.336 e. The van der Waals surface area contributed by atoms with E-state index in [1.165, 1.54) is 23.0 Å². The van der Waals surface area contributed by atoms with Gasteiger partial charge in [0.15, 0.2) is 16.8 Å². The number of anilines is 1. The second-order valence-corrected chi connectivity index (χ2v) is 9.75. The topological polar surface area (TPSA) is 100.0 Å². The van der Waals surface area contributed by atoms with Crippen LogP contribution in [-0.4, -0.2) is 30.8 Å². The number of nitrogens with zero attached hydrogens (tertiary/aromatic N) is 1. The van der Waals surface area contributed by atoms with Gasteiger partial charge in [-0.15, -0.1) is 3.97 Å². The van der Waals surface area contributed by atoms with Crippen LogP contribution in [0.1, 0.15) is 17.3 Å². The Kier molecular flexibility index (Phi) is 6.11. The van der Waals surface area contributed by atoms with Crippen LogP contribution in [0.2, 0.25) is 0 Å². The zero-order chi connectivity index (χ0) is 22.7.